The van der Waals surface area contributed by atoms with Crippen molar-refractivity contribution in [2.45, 2.75) is 25.9 Å². The molecule has 0 N–H and O–H groups in total. The van der Waals surface area contributed by atoms with Gasteiger partial charge in [-0.25, -0.2) is 0 Å². The summed E-state index contributed by atoms with van der Waals surface area (Å²) < 4.78 is 6.81. The van der Waals surface area contributed by atoms with Crippen LogP contribution in [0.15, 0.2) is 15.9 Å². The topological polar surface area (TPSA) is 9.23 Å². The molecule has 1 aliphatic heterocycles. The van der Waals surface area contributed by atoms with E-state index in [4.69, 9.17) is 16.3 Å². The fourth-order valence-corrected chi connectivity index (χ4v) is 4.12. The van der Waals surface area contributed by atoms with Crippen LogP contribution in [0, 0.1) is 5.41 Å². The first-order chi connectivity index (χ1) is 7.16. The predicted molar refractivity (Wildman–Crippen MR) is 68.9 cm³/mol. The van der Waals surface area contributed by atoms with Crippen molar-refractivity contribution in [3.05, 3.63) is 20.8 Å². The smallest absolute Gasteiger partial charge is 0.0618 e. The summed E-state index contributed by atoms with van der Waals surface area (Å²) in [6.07, 6.45) is 2.39. The Hall–Kier alpha value is 0.430. The number of hydrogen-bond donors (Lipinski definition) is 0. The van der Waals surface area contributed by atoms with Crippen LogP contribution in [0.1, 0.15) is 18.2 Å². The molecular weight excluding hydrogens is 296 g/mol. The van der Waals surface area contributed by atoms with Crippen molar-refractivity contribution in [3.63, 3.8) is 0 Å². The van der Waals surface area contributed by atoms with Crippen molar-refractivity contribution < 1.29 is 4.74 Å². The summed E-state index contributed by atoms with van der Waals surface area (Å²) in [6.45, 7) is 2.98. The summed E-state index contributed by atoms with van der Waals surface area (Å²) in [5, 5.41) is 2.12. The van der Waals surface area contributed by atoms with Crippen LogP contribution in [0.25, 0.3) is 0 Å². The molecule has 2 rings (SSSR count). The molecule has 0 bridgehead atoms. The lowest BCUT2D eigenvalue weighted by molar-refractivity contribution is 0.0739. The molecule has 1 nitrogen and oxygen atoms in total. The second-order valence-corrected chi connectivity index (χ2v) is 6.35. The molecule has 84 valence electrons. The van der Waals surface area contributed by atoms with Gasteiger partial charge in [0.05, 0.1) is 6.10 Å². The molecule has 0 aliphatic carbocycles. The largest absolute Gasteiger partial charge is 0.378 e. The second-order valence-electron chi connectivity index (χ2n) is 4.17. The van der Waals surface area contributed by atoms with Crippen LogP contribution in [0.2, 0.25) is 0 Å². The van der Waals surface area contributed by atoms with E-state index < -0.39 is 0 Å². The minimum Gasteiger partial charge on any atom is -0.378 e. The second kappa shape index (κ2) is 4.74. The van der Waals surface area contributed by atoms with E-state index in [0.29, 0.717) is 5.88 Å². The Kier molecular flexibility index (Phi) is 3.76. The summed E-state index contributed by atoms with van der Waals surface area (Å²) in [5.41, 5.74) is 0.145. The number of thiophene rings is 1. The zero-order chi connectivity index (χ0) is 10.9. The Morgan fingerprint density at radius 2 is 2.53 bits per heavy atom. The van der Waals surface area contributed by atoms with Gasteiger partial charge in [-0.15, -0.1) is 22.9 Å². The van der Waals surface area contributed by atoms with Gasteiger partial charge >= 0.3 is 0 Å². The van der Waals surface area contributed by atoms with Gasteiger partial charge in [-0.05, 0) is 41.8 Å². The molecule has 1 saturated heterocycles. The van der Waals surface area contributed by atoms with Gasteiger partial charge in [0.15, 0.2) is 0 Å². The molecule has 4 heteroatoms. The van der Waals surface area contributed by atoms with Gasteiger partial charge in [0.1, 0.15) is 0 Å². The van der Waals surface area contributed by atoms with Gasteiger partial charge in [0.2, 0.25) is 0 Å². The van der Waals surface area contributed by atoms with Gasteiger partial charge < -0.3 is 4.74 Å². The van der Waals surface area contributed by atoms with Crippen LogP contribution in [0.4, 0.5) is 0 Å². The molecule has 2 heterocycles. The molecule has 0 aromatic carbocycles. The quantitative estimate of drug-likeness (QED) is 0.764. The van der Waals surface area contributed by atoms with Crippen molar-refractivity contribution >= 4 is 38.9 Å². The van der Waals surface area contributed by atoms with Crippen LogP contribution in [0.5, 0.6) is 0 Å². The van der Waals surface area contributed by atoms with E-state index in [1.54, 1.807) is 11.3 Å². The van der Waals surface area contributed by atoms with E-state index in [-0.39, 0.29) is 11.5 Å². The maximum absolute atomic E-state index is 6.13. The maximum Gasteiger partial charge on any atom is 0.0618 e. The van der Waals surface area contributed by atoms with Crippen LogP contribution in [-0.2, 0) is 11.2 Å². The standard InChI is InChI=1S/C11H14BrClOS/c1-8-11(7-13,2-3-14-8)5-10-4-9(12)6-15-10/h4,6,8H,2-3,5,7H2,1H3. The van der Waals surface area contributed by atoms with Crippen molar-refractivity contribution in [1.82, 2.24) is 0 Å². The van der Waals surface area contributed by atoms with Crippen LogP contribution in [0.3, 0.4) is 0 Å². The lowest BCUT2D eigenvalue weighted by atomic mass is 9.80. The molecule has 0 spiro atoms. The number of alkyl halides is 1. The average molecular weight is 310 g/mol. The lowest BCUT2D eigenvalue weighted by Crippen LogP contribution is -2.32. The highest BCUT2D eigenvalue weighted by molar-refractivity contribution is 9.10. The highest BCUT2D eigenvalue weighted by Crippen LogP contribution is 2.40. The highest BCUT2D eigenvalue weighted by atomic mass is 79.9. The monoisotopic (exact) mass is 308 g/mol. The molecule has 2 atom stereocenters. The summed E-state index contributed by atoms with van der Waals surface area (Å²) in [5.74, 6) is 0.684. The number of ether oxygens (including phenoxy) is 1. The zero-order valence-corrected chi connectivity index (χ0v) is 11.8. The van der Waals surface area contributed by atoms with Crippen molar-refractivity contribution in [3.8, 4) is 0 Å². The molecule has 0 saturated carbocycles. The Balaban J connectivity index is 2.14. The summed E-state index contributed by atoms with van der Waals surface area (Å²) in [4.78, 5) is 1.39. The van der Waals surface area contributed by atoms with E-state index in [9.17, 15) is 0 Å². The molecule has 15 heavy (non-hydrogen) atoms. The molecule has 1 fully saturated rings. The molecule has 0 radical (unpaired) electrons. The number of halogens is 2. The van der Waals surface area contributed by atoms with Crippen LogP contribution in [-0.4, -0.2) is 18.6 Å². The molecular formula is C11H14BrClOS. The lowest BCUT2D eigenvalue weighted by Gasteiger charge is -2.29. The van der Waals surface area contributed by atoms with Gasteiger partial charge in [-0.2, -0.15) is 0 Å². The zero-order valence-electron chi connectivity index (χ0n) is 8.63. The normalized spacial score (nSPS) is 31.0. The Labute approximate surface area is 108 Å². The molecule has 2 unspecified atom stereocenters. The third kappa shape index (κ3) is 2.41. The summed E-state index contributed by atoms with van der Waals surface area (Å²) in [7, 11) is 0. The third-order valence-corrected chi connectivity index (χ3v) is 5.47. The highest BCUT2D eigenvalue weighted by Gasteiger charge is 2.41. The Bertz CT molecular complexity index is 341. The summed E-state index contributed by atoms with van der Waals surface area (Å²) in [6, 6.07) is 2.18. The molecule has 0 amide bonds. The van der Waals surface area contributed by atoms with Gasteiger partial charge in [-0.3, -0.25) is 0 Å². The van der Waals surface area contributed by atoms with E-state index in [0.717, 1.165) is 19.4 Å². The number of rotatable bonds is 3. The van der Waals surface area contributed by atoms with Gasteiger partial charge in [0.25, 0.3) is 0 Å². The minimum absolute atomic E-state index is 0.145. The predicted octanol–water partition coefficient (Wildman–Crippen LogP) is 4.09. The fourth-order valence-electron chi connectivity index (χ4n) is 2.07. The summed E-state index contributed by atoms with van der Waals surface area (Å²) >= 11 is 11.4. The first-order valence-corrected chi connectivity index (χ1v) is 7.27. The van der Waals surface area contributed by atoms with Crippen molar-refractivity contribution in [1.29, 1.82) is 0 Å². The van der Waals surface area contributed by atoms with E-state index >= 15 is 0 Å². The first kappa shape index (κ1) is 11.9. The Morgan fingerprint density at radius 1 is 1.73 bits per heavy atom. The maximum atomic E-state index is 6.13. The van der Waals surface area contributed by atoms with Gasteiger partial charge in [-0.1, -0.05) is 0 Å². The third-order valence-electron chi connectivity index (χ3n) is 3.24. The van der Waals surface area contributed by atoms with Gasteiger partial charge in [0, 0.05) is 32.6 Å². The van der Waals surface area contributed by atoms with E-state index in [2.05, 4.69) is 34.3 Å². The fraction of sp³-hybridized carbons (Fsp3) is 0.636. The van der Waals surface area contributed by atoms with Crippen LogP contribution >= 0.6 is 38.9 Å². The van der Waals surface area contributed by atoms with Crippen molar-refractivity contribution in [2.24, 2.45) is 5.41 Å². The minimum atomic E-state index is 0.145. The SMILES string of the molecule is CC1OCCC1(CCl)Cc1cc(Br)cs1. The molecule has 1 aliphatic rings. The average Bonchev–Trinajstić information content (AvgIpc) is 2.76. The molecule has 1 aromatic heterocycles. The number of hydrogen-bond acceptors (Lipinski definition) is 2. The van der Waals surface area contributed by atoms with E-state index in [1.165, 1.54) is 9.35 Å². The van der Waals surface area contributed by atoms with E-state index in [1.807, 2.05) is 0 Å². The first-order valence-electron chi connectivity index (χ1n) is 5.07. The Morgan fingerprint density at radius 3 is 3.00 bits per heavy atom. The van der Waals surface area contributed by atoms with Crippen LogP contribution < -0.4 is 0 Å². The van der Waals surface area contributed by atoms with Crippen molar-refractivity contribution in [2.75, 3.05) is 12.5 Å². The molecule has 1 aromatic rings.